The summed E-state index contributed by atoms with van der Waals surface area (Å²) >= 11 is 0. The highest BCUT2D eigenvalue weighted by atomic mass is 15.0. The van der Waals surface area contributed by atoms with Crippen LogP contribution < -0.4 is 16.8 Å². The van der Waals surface area contributed by atoms with E-state index < -0.39 is 0 Å². The van der Waals surface area contributed by atoms with Gasteiger partial charge >= 0.3 is 0 Å². The smallest absolute Gasteiger partial charge is 0.0702 e. The van der Waals surface area contributed by atoms with Crippen molar-refractivity contribution in [1.82, 2.24) is 9.88 Å². The largest absolute Gasteiger partial charge is 0.405 e. The number of aromatic nitrogens is 1. The van der Waals surface area contributed by atoms with Gasteiger partial charge in [-0.3, -0.25) is 0 Å². The minimum atomic E-state index is -0.0209. The molecule has 2 heterocycles. The molecule has 0 amide bonds. The zero-order chi connectivity index (χ0) is 32.9. The maximum absolute atomic E-state index is 7.32. The zero-order valence-corrected chi connectivity index (χ0v) is 26.7. The molecule has 232 valence electrons. The summed E-state index contributed by atoms with van der Waals surface area (Å²) in [5.41, 5.74) is 22.3. The second-order valence-corrected chi connectivity index (χ2v) is 11.5. The van der Waals surface area contributed by atoms with Gasteiger partial charge in [0.25, 0.3) is 0 Å². The fourth-order valence-corrected chi connectivity index (χ4v) is 6.35. The maximum atomic E-state index is 7.32. The molecular weight excluding hydrogens is 574 g/mol. The molecule has 0 spiro atoms. The van der Waals surface area contributed by atoms with Crippen LogP contribution in [0.15, 0.2) is 169 Å². The molecule has 0 aliphatic carbocycles. The first-order valence-corrected chi connectivity index (χ1v) is 15.7. The second kappa shape index (κ2) is 13.5. The van der Waals surface area contributed by atoms with E-state index in [0.29, 0.717) is 0 Å². The molecular formula is C42H39N5. The van der Waals surface area contributed by atoms with Crippen molar-refractivity contribution in [2.24, 2.45) is 11.5 Å². The van der Waals surface area contributed by atoms with Gasteiger partial charge in [-0.25, -0.2) is 0 Å². The first-order valence-electron chi connectivity index (χ1n) is 15.7. The number of nitrogens with zero attached hydrogens (tertiary/aromatic N) is 1. The van der Waals surface area contributed by atoms with Crippen LogP contribution >= 0.6 is 0 Å². The lowest BCUT2D eigenvalue weighted by molar-refractivity contribution is 0.715. The summed E-state index contributed by atoms with van der Waals surface area (Å²) < 4.78 is 2.38. The molecule has 5 aromatic rings. The summed E-state index contributed by atoms with van der Waals surface area (Å²) in [6, 6.07) is 28.3. The fourth-order valence-electron chi connectivity index (χ4n) is 6.35. The highest BCUT2D eigenvalue weighted by Gasteiger charge is 2.19. The normalized spacial score (nSPS) is 16.0. The van der Waals surface area contributed by atoms with Crippen molar-refractivity contribution in [3.8, 4) is 5.69 Å². The van der Waals surface area contributed by atoms with Crippen LogP contribution in [0.5, 0.6) is 0 Å². The number of fused-ring (bicyclic) bond motifs is 5. The Kier molecular flexibility index (Phi) is 8.89. The molecule has 1 atom stereocenters. The monoisotopic (exact) mass is 613 g/mol. The number of nitrogens with two attached hydrogens (primary N) is 2. The van der Waals surface area contributed by atoms with E-state index in [0.717, 1.165) is 55.7 Å². The molecule has 0 saturated heterocycles. The average Bonchev–Trinajstić information content (AvgIpc) is 3.46. The Bertz CT molecular complexity index is 2230. The number of para-hydroxylation sites is 1. The Morgan fingerprint density at radius 3 is 2.47 bits per heavy atom. The molecule has 5 heteroatoms. The van der Waals surface area contributed by atoms with Gasteiger partial charge in [-0.2, -0.15) is 0 Å². The standard InChI is InChI=1S/C42H39N5/c1-4-30(21-23-44)29(3)24-34(27-45)31-15-18-36-32(25-31)16-20-38-37-19-17-33(40-14-8-13-39(46-40)28(2)10-9-22-43)26-41(37)47(42(36)38)35-11-6-5-7-12-35/h4-27,40,43,46H,2,44-45H2,1,3H3/b10-9-,23-21-,29-24+,30-4+,34-27+,43-22?. The lowest BCUT2D eigenvalue weighted by Gasteiger charge is -2.23. The van der Waals surface area contributed by atoms with E-state index in [1.165, 1.54) is 27.9 Å². The summed E-state index contributed by atoms with van der Waals surface area (Å²) in [6.45, 7) is 8.25. The van der Waals surface area contributed by atoms with Crippen molar-refractivity contribution in [2.75, 3.05) is 0 Å². The molecule has 1 aromatic heterocycles. The number of rotatable bonds is 9. The van der Waals surface area contributed by atoms with E-state index >= 15 is 0 Å². The van der Waals surface area contributed by atoms with E-state index in [1.54, 1.807) is 18.5 Å². The third-order valence-electron chi connectivity index (χ3n) is 8.69. The third-order valence-corrected chi connectivity index (χ3v) is 8.69. The van der Waals surface area contributed by atoms with Gasteiger partial charge in [-0.1, -0.05) is 85.5 Å². The molecule has 6 N–H and O–H groups in total. The Labute approximate surface area is 276 Å². The molecule has 47 heavy (non-hydrogen) atoms. The summed E-state index contributed by atoms with van der Waals surface area (Å²) in [5.74, 6) is 0. The highest BCUT2D eigenvalue weighted by Crippen LogP contribution is 2.39. The van der Waals surface area contributed by atoms with Gasteiger partial charge < -0.3 is 26.8 Å². The van der Waals surface area contributed by atoms with Gasteiger partial charge in [0, 0.05) is 40.0 Å². The Morgan fingerprint density at radius 2 is 1.72 bits per heavy atom. The molecule has 1 aliphatic heterocycles. The molecule has 5 nitrogen and oxygen atoms in total. The van der Waals surface area contributed by atoms with Crippen molar-refractivity contribution in [3.05, 3.63) is 180 Å². The van der Waals surface area contributed by atoms with Crippen molar-refractivity contribution >= 4 is 44.4 Å². The van der Waals surface area contributed by atoms with E-state index in [1.807, 2.05) is 31.2 Å². The van der Waals surface area contributed by atoms with Crippen molar-refractivity contribution in [3.63, 3.8) is 0 Å². The summed E-state index contributed by atoms with van der Waals surface area (Å²) in [5, 5.41) is 15.6. The summed E-state index contributed by atoms with van der Waals surface area (Å²) in [7, 11) is 0. The average molecular weight is 614 g/mol. The molecule has 0 bridgehead atoms. The molecule has 1 aliphatic rings. The number of allylic oxidation sites excluding steroid dienone is 10. The lowest BCUT2D eigenvalue weighted by Crippen LogP contribution is -2.22. The van der Waals surface area contributed by atoms with E-state index in [2.05, 4.69) is 120 Å². The Morgan fingerprint density at radius 1 is 0.936 bits per heavy atom. The lowest BCUT2D eigenvalue weighted by atomic mass is 9.97. The van der Waals surface area contributed by atoms with Crippen LogP contribution in [0.1, 0.15) is 31.0 Å². The molecule has 0 fully saturated rings. The topological polar surface area (TPSA) is 92.8 Å². The van der Waals surface area contributed by atoms with Gasteiger partial charge in [0.2, 0.25) is 0 Å². The van der Waals surface area contributed by atoms with Gasteiger partial charge in [0.05, 0.1) is 17.1 Å². The van der Waals surface area contributed by atoms with E-state index in [4.69, 9.17) is 16.9 Å². The van der Waals surface area contributed by atoms with Crippen LogP contribution in [-0.2, 0) is 0 Å². The summed E-state index contributed by atoms with van der Waals surface area (Å²) in [4.78, 5) is 0. The van der Waals surface area contributed by atoms with Gasteiger partial charge in [-0.15, -0.1) is 0 Å². The SMILES string of the molecule is C=C(/C=C\C=N)C1=CC=CC(c2ccc3c4ccc5cc(C(/C=C(C)/C(/C=C\N)=C/C)=C/N)ccc5c4n(-c4ccccc4)c3c2)N1. The van der Waals surface area contributed by atoms with Crippen LogP contribution in [0.2, 0.25) is 0 Å². The number of hydrogen-bond donors (Lipinski definition) is 4. The molecule has 4 aromatic carbocycles. The zero-order valence-electron chi connectivity index (χ0n) is 26.7. The number of dihydropyridines is 1. The molecule has 0 radical (unpaired) electrons. The number of nitrogens with one attached hydrogen (secondary N) is 2. The van der Waals surface area contributed by atoms with Gasteiger partial charge in [0.15, 0.2) is 0 Å². The molecule has 6 rings (SSSR count). The van der Waals surface area contributed by atoms with Crippen LogP contribution in [0.4, 0.5) is 0 Å². The van der Waals surface area contributed by atoms with E-state index in [-0.39, 0.29) is 6.04 Å². The second-order valence-electron chi connectivity index (χ2n) is 11.5. The first-order chi connectivity index (χ1) is 23.0. The number of hydrogen-bond acceptors (Lipinski definition) is 4. The predicted molar refractivity (Wildman–Crippen MR) is 201 cm³/mol. The molecule has 1 unspecified atom stereocenters. The minimum Gasteiger partial charge on any atom is -0.405 e. The van der Waals surface area contributed by atoms with Crippen LogP contribution in [0, 0.1) is 5.41 Å². The maximum Gasteiger partial charge on any atom is 0.0702 e. The predicted octanol–water partition coefficient (Wildman–Crippen LogP) is 9.45. The Hall–Kier alpha value is -6.07. The van der Waals surface area contributed by atoms with Crippen molar-refractivity contribution < 1.29 is 0 Å². The van der Waals surface area contributed by atoms with Crippen molar-refractivity contribution in [2.45, 2.75) is 19.9 Å². The summed E-state index contributed by atoms with van der Waals surface area (Å²) in [6.07, 6.45) is 20.3. The molecule has 0 saturated carbocycles. The first kappa shape index (κ1) is 30.9. The number of benzene rings is 4. The van der Waals surface area contributed by atoms with Crippen LogP contribution in [-0.4, -0.2) is 10.8 Å². The Balaban J connectivity index is 1.50. The van der Waals surface area contributed by atoms with Crippen LogP contribution in [0.25, 0.3) is 43.8 Å². The van der Waals surface area contributed by atoms with E-state index in [9.17, 15) is 0 Å². The van der Waals surface area contributed by atoms with Crippen LogP contribution in [0.3, 0.4) is 0 Å². The quantitative estimate of drug-likeness (QED) is 0.0985. The third kappa shape index (κ3) is 5.99. The fraction of sp³-hybridized carbons (Fsp3) is 0.0714. The highest BCUT2D eigenvalue weighted by molar-refractivity contribution is 6.19. The van der Waals surface area contributed by atoms with Crippen molar-refractivity contribution in [1.29, 1.82) is 5.41 Å². The van der Waals surface area contributed by atoms with Gasteiger partial charge in [0.1, 0.15) is 0 Å². The minimum absolute atomic E-state index is 0.0209. The van der Waals surface area contributed by atoms with Gasteiger partial charge in [-0.05, 0) is 107 Å².